The minimum Gasteiger partial charge on any atom is -0.352 e. The fourth-order valence-electron chi connectivity index (χ4n) is 3.61. The van der Waals surface area contributed by atoms with Crippen molar-refractivity contribution in [3.8, 4) is 0 Å². The monoisotopic (exact) mass is 439 g/mol. The Morgan fingerprint density at radius 1 is 0.968 bits per heavy atom. The van der Waals surface area contributed by atoms with Gasteiger partial charge in [0, 0.05) is 21.9 Å². The molecule has 0 unspecified atom stereocenters. The fourth-order valence-corrected chi connectivity index (χ4v) is 4.62. The third-order valence-corrected chi connectivity index (χ3v) is 6.59. The quantitative estimate of drug-likeness (QED) is 0.459. The summed E-state index contributed by atoms with van der Waals surface area (Å²) < 4.78 is 0. The van der Waals surface area contributed by atoms with Gasteiger partial charge in [-0.05, 0) is 69.2 Å². The molecule has 2 aromatic carbocycles. The number of hydrogen-bond acceptors (Lipinski definition) is 4. The molecule has 0 fully saturated rings. The lowest BCUT2D eigenvalue weighted by atomic mass is 10.1. The molecule has 166 valence electrons. The normalized spacial score (nSPS) is 12.7. The van der Waals surface area contributed by atoms with Crippen LogP contribution >= 0.6 is 11.8 Å². The number of nitrogens with zero attached hydrogens (tertiary/aromatic N) is 1. The molecule has 1 aliphatic rings. The van der Waals surface area contributed by atoms with Gasteiger partial charge in [0.05, 0.1) is 11.3 Å². The molecule has 2 amide bonds. The van der Waals surface area contributed by atoms with Crippen LogP contribution in [-0.4, -0.2) is 42.9 Å². The number of fused-ring (bicyclic) bond motifs is 2. The van der Waals surface area contributed by atoms with Gasteiger partial charge in [-0.3, -0.25) is 9.59 Å². The second kappa shape index (κ2) is 11.9. The average Bonchev–Trinajstić information content (AvgIpc) is 2.93. The Bertz CT molecular complexity index is 892. The number of carbonyl (C=O) groups excluding carboxylic acids is 2. The van der Waals surface area contributed by atoms with Gasteiger partial charge < -0.3 is 15.5 Å². The van der Waals surface area contributed by atoms with Crippen LogP contribution < -0.4 is 10.6 Å². The molecule has 5 nitrogen and oxygen atoms in total. The van der Waals surface area contributed by atoms with Crippen molar-refractivity contribution in [2.75, 3.05) is 31.5 Å². The van der Waals surface area contributed by atoms with Gasteiger partial charge in [0.15, 0.2) is 0 Å². The van der Waals surface area contributed by atoms with Crippen LogP contribution in [0.1, 0.15) is 66.7 Å². The molecule has 0 saturated heterocycles. The van der Waals surface area contributed by atoms with Crippen molar-refractivity contribution in [2.24, 2.45) is 0 Å². The second-order valence-corrected chi connectivity index (χ2v) is 9.01. The van der Waals surface area contributed by atoms with Gasteiger partial charge in [0.2, 0.25) is 0 Å². The number of nitrogens with one attached hydrogen (secondary N) is 2. The van der Waals surface area contributed by atoms with Crippen molar-refractivity contribution in [3.05, 3.63) is 53.6 Å². The van der Waals surface area contributed by atoms with Crippen LogP contribution in [0.2, 0.25) is 0 Å². The number of hydrogen-bond donors (Lipinski definition) is 2. The number of benzene rings is 2. The summed E-state index contributed by atoms with van der Waals surface area (Å²) >= 11 is 1.54. The molecule has 0 spiro atoms. The van der Waals surface area contributed by atoms with Crippen LogP contribution in [0.15, 0.2) is 52.3 Å². The zero-order valence-corrected chi connectivity index (χ0v) is 19.4. The molecule has 0 aromatic heterocycles. The van der Waals surface area contributed by atoms with Crippen LogP contribution in [-0.2, 0) is 0 Å². The van der Waals surface area contributed by atoms with Crippen LogP contribution in [0, 0.1) is 0 Å². The Morgan fingerprint density at radius 2 is 1.68 bits per heavy atom. The van der Waals surface area contributed by atoms with E-state index in [0.717, 1.165) is 35.8 Å². The van der Waals surface area contributed by atoms with Crippen LogP contribution in [0.4, 0.5) is 5.69 Å². The van der Waals surface area contributed by atoms with Crippen molar-refractivity contribution in [1.82, 2.24) is 10.2 Å². The highest BCUT2D eigenvalue weighted by atomic mass is 32.2. The van der Waals surface area contributed by atoms with Gasteiger partial charge in [-0.15, -0.1) is 0 Å². The smallest absolute Gasteiger partial charge is 0.256 e. The van der Waals surface area contributed by atoms with Gasteiger partial charge in [-0.25, -0.2) is 0 Å². The number of amides is 2. The van der Waals surface area contributed by atoms with Crippen LogP contribution in [0.5, 0.6) is 0 Å². The summed E-state index contributed by atoms with van der Waals surface area (Å²) in [5, 5.41) is 5.98. The molecular weight excluding hydrogens is 406 g/mol. The summed E-state index contributed by atoms with van der Waals surface area (Å²) in [5.41, 5.74) is 1.91. The Balaban J connectivity index is 1.55. The Hall–Kier alpha value is -2.31. The Kier molecular flexibility index (Phi) is 8.98. The molecule has 0 bridgehead atoms. The van der Waals surface area contributed by atoms with E-state index < -0.39 is 0 Å². The lowest BCUT2D eigenvalue weighted by molar-refractivity contribution is 0.0950. The zero-order valence-electron chi connectivity index (χ0n) is 18.6. The first-order valence-corrected chi connectivity index (χ1v) is 12.2. The predicted molar refractivity (Wildman–Crippen MR) is 128 cm³/mol. The summed E-state index contributed by atoms with van der Waals surface area (Å²) in [7, 11) is 0. The number of anilines is 1. The third-order valence-electron chi connectivity index (χ3n) is 5.43. The first-order chi connectivity index (χ1) is 15.1. The molecule has 31 heavy (non-hydrogen) atoms. The molecule has 0 saturated carbocycles. The van der Waals surface area contributed by atoms with Crippen molar-refractivity contribution in [1.29, 1.82) is 0 Å². The van der Waals surface area contributed by atoms with E-state index >= 15 is 0 Å². The van der Waals surface area contributed by atoms with E-state index in [9.17, 15) is 9.59 Å². The van der Waals surface area contributed by atoms with E-state index in [1.165, 1.54) is 25.7 Å². The minimum absolute atomic E-state index is 0.0996. The van der Waals surface area contributed by atoms with Crippen LogP contribution in [0.3, 0.4) is 0 Å². The average molecular weight is 440 g/mol. The highest BCUT2D eigenvalue weighted by Crippen LogP contribution is 2.38. The van der Waals surface area contributed by atoms with E-state index in [0.29, 0.717) is 23.4 Å². The molecule has 1 aliphatic heterocycles. The molecule has 2 N–H and O–H groups in total. The lowest BCUT2D eigenvalue weighted by Gasteiger charge is -2.22. The summed E-state index contributed by atoms with van der Waals surface area (Å²) in [6.45, 7) is 8.37. The number of carbonyl (C=O) groups is 2. The molecule has 0 radical (unpaired) electrons. The standard InChI is InChI=1S/C25H33N3O2S/c1-3-5-15-28(16-6-4-2)17-9-14-26-24(29)19-12-13-23-21(18-19)27-25(30)20-10-7-8-11-22(20)31-23/h7-8,10-13,18H,3-6,9,14-17H2,1-2H3,(H,26,29)(H,27,30). The first-order valence-electron chi connectivity index (χ1n) is 11.3. The SMILES string of the molecule is CCCCN(CCCC)CCCNC(=O)c1ccc2c(c1)NC(=O)c1ccccc1S2. The maximum atomic E-state index is 12.7. The summed E-state index contributed by atoms with van der Waals surface area (Å²) in [5.74, 6) is -0.240. The lowest BCUT2D eigenvalue weighted by Crippen LogP contribution is -2.31. The van der Waals surface area contributed by atoms with E-state index in [2.05, 4.69) is 29.4 Å². The van der Waals surface area contributed by atoms with Gasteiger partial charge in [0.1, 0.15) is 0 Å². The number of unbranched alkanes of at least 4 members (excludes halogenated alkanes) is 2. The van der Waals surface area contributed by atoms with Gasteiger partial charge >= 0.3 is 0 Å². The third kappa shape index (κ3) is 6.58. The van der Waals surface area contributed by atoms with Crippen molar-refractivity contribution in [2.45, 2.75) is 55.7 Å². The number of rotatable bonds is 11. The minimum atomic E-state index is -0.140. The second-order valence-electron chi connectivity index (χ2n) is 7.92. The zero-order chi connectivity index (χ0) is 22.1. The highest BCUT2D eigenvalue weighted by molar-refractivity contribution is 7.99. The molecule has 2 aromatic rings. The van der Waals surface area contributed by atoms with Crippen molar-refractivity contribution in [3.63, 3.8) is 0 Å². The maximum absolute atomic E-state index is 12.7. The van der Waals surface area contributed by atoms with E-state index in [1.54, 1.807) is 17.8 Å². The van der Waals surface area contributed by atoms with Gasteiger partial charge in [-0.2, -0.15) is 0 Å². The Morgan fingerprint density at radius 3 is 2.42 bits per heavy atom. The van der Waals surface area contributed by atoms with E-state index in [1.807, 2.05) is 36.4 Å². The van der Waals surface area contributed by atoms with E-state index in [-0.39, 0.29) is 11.8 Å². The predicted octanol–water partition coefficient (Wildman–Crippen LogP) is 5.43. The highest BCUT2D eigenvalue weighted by Gasteiger charge is 2.20. The molecular formula is C25H33N3O2S. The molecule has 3 rings (SSSR count). The summed E-state index contributed by atoms with van der Waals surface area (Å²) in [4.78, 5) is 29.6. The fraction of sp³-hybridized carbons (Fsp3) is 0.440. The van der Waals surface area contributed by atoms with Crippen molar-refractivity contribution < 1.29 is 9.59 Å². The van der Waals surface area contributed by atoms with Gasteiger partial charge in [-0.1, -0.05) is 50.6 Å². The summed E-state index contributed by atoms with van der Waals surface area (Å²) in [6.07, 6.45) is 5.79. The van der Waals surface area contributed by atoms with Crippen molar-refractivity contribution >= 4 is 29.3 Å². The maximum Gasteiger partial charge on any atom is 0.256 e. The topological polar surface area (TPSA) is 61.4 Å². The van der Waals surface area contributed by atoms with E-state index in [4.69, 9.17) is 0 Å². The van der Waals surface area contributed by atoms with Gasteiger partial charge in [0.25, 0.3) is 11.8 Å². The van der Waals surface area contributed by atoms with Crippen LogP contribution in [0.25, 0.3) is 0 Å². The molecule has 0 aliphatic carbocycles. The molecule has 6 heteroatoms. The first kappa shape index (κ1) is 23.4. The largest absolute Gasteiger partial charge is 0.352 e. The molecule has 0 atom stereocenters. The summed E-state index contributed by atoms with van der Waals surface area (Å²) in [6, 6.07) is 13.1. The Labute approximate surface area is 190 Å². The molecule has 1 heterocycles.